The fourth-order valence-electron chi connectivity index (χ4n) is 4.86. The molecule has 0 aromatic carbocycles. The first-order chi connectivity index (χ1) is 13.6. The Balaban J connectivity index is 1.27. The number of carbonyl (C=O) groups is 2. The van der Waals surface area contributed by atoms with Gasteiger partial charge >= 0.3 is 0 Å². The number of fused-ring (bicyclic) bond motifs is 1. The molecule has 4 aliphatic rings. The third kappa shape index (κ3) is 2.76. The molecular formula is C19H25N4O5+. The summed E-state index contributed by atoms with van der Waals surface area (Å²) in [4.78, 5) is 29.1. The van der Waals surface area contributed by atoms with E-state index in [1.165, 1.54) is 4.90 Å². The van der Waals surface area contributed by atoms with E-state index in [-0.39, 0.29) is 17.9 Å². The summed E-state index contributed by atoms with van der Waals surface area (Å²) in [5, 5.41) is 6.99. The number of nitrogens with zero attached hydrogens (tertiary/aromatic N) is 2. The van der Waals surface area contributed by atoms with Gasteiger partial charge in [0.15, 0.2) is 5.82 Å². The monoisotopic (exact) mass is 389 g/mol. The molecule has 9 heteroatoms. The number of aromatic nitrogens is 1. The minimum atomic E-state index is -0.744. The molecule has 1 aromatic heterocycles. The van der Waals surface area contributed by atoms with E-state index in [4.69, 9.17) is 14.0 Å². The van der Waals surface area contributed by atoms with E-state index in [1.807, 2.05) is 12.2 Å². The lowest BCUT2D eigenvalue weighted by atomic mass is 9.77. The van der Waals surface area contributed by atoms with Gasteiger partial charge in [-0.15, -0.1) is 0 Å². The van der Waals surface area contributed by atoms with Crippen LogP contribution in [0.1, 0.15) is 5.76 Å². The topological polar surface area (TPSA) is 98.3 Å². The Morgan fingerprint density at radius 3 is 3.00 bits per heavy atom. The van der Waals surface area contributed by atoms with Crippen LogP contribution in [0.5, 0.6) is 0 Å². The molecule has 3 saturated heterocycles. The molecule has 5 rings (SSSR count). The van der Waals surface area contributed by atoms with Crippen LogP contribution in [0.25, 0.3) is 0 Å². The van der Waals surface area contributed by atoms with Gasteiger partial charge in [-0.05, 0) is 6.92 Å². The molecule has 0 unspecified atom stereocenters. The summed E-state index contributed by atoms with van der Waals surface area (Å²) in [5.41, 5.74) is -0.744. The maximum absolute atomic E-state index is 13.1. The maximum atomic E-state index is 13.1. The van der Waals surface area contributed by atoms with Gasteiger partial charge in [-0.2, -0.15) is 0 Å². The highest BCUT2D eigenvalue weighted by molar-refractivity contribution is 6.02. The molecule has 0 aliphatic carbocycles. The van der Waals surface area contributed by atoms with Gasteiger partial charge in [-0.3, -0.25) is 14.5 Å². The van der Waals surface area contributed by atoms with E-state index >= 15 is 0 Å². The fraction of sp³-hybridized carbons (Fsp3) is 0.632. The molecule has 2 bridgehead atoms. The van der Waals surface area contributed by atoms with Gasteiger partial charge in [0, 0.05) is 6.07 Å². The summed E-state index contributed by atoms with van der Waals surface area (Å²) in [7, 11) is 0. The molecule has 2 amide bonds. The van der Waals surface area contributed by atoms with Crippen LogP contribution >= 0.6 is 0 Å². The van der Waals surface area contributed by atoms with E-state index in [0.29, 0.717) is 24.7 Å². The van der Waals surface area contributed by atoms with Gasteiger partial charge in [0.1, 0.15) is 24.5 Å². The number of quaternary nitrogens is 1. The van der Waals surface area contributed by atoms with Crippen LogP contribution in [0.3, 0.4) is 0 Å². The van der Waals surface area contributed by atoms with Crippen molar-refractivity contribution in [2.45, 2.75) is 18.6 Å². The first-order valence-corrected chi connectivity index (χ1v) is 9.88. The maximum Gasteiger partial charge on any atom is 0.235 e. The van der Waals surface area contributed by atoms with Crippen LogP contribution in [0.15, 0.2) is 22.7 Å². The molecule has 4 atom stereocenters. The second-order valence-electron chi connectivity index (χ2n) is 8.02. The SMILES string of the molecule is Cc1cc(N2C[C@@]34C=C[C@@H](O3)[C@@H](C(=O)NCC[NH+]3CCOCC3)[C@@H]4C2=O)no1. The zero-order valence-corrected chi connectivity index (χ0v) is 15.8. The van der Waals surface area contributed by atoms with Gasteiger partial charge in [0.2, 0.25) is 11.8 Å². The minimum Gasteiger partial charge on any atom is -0.370 e. The molecule has 4 aliphatic heterocycles. The lowest BCUT2D eigenvalue weighted by Crippen LogP contribution is -3.14. The van der Waals surface area contributed by atoms with Crippen molar-refractivity contribution in [3.05, 3.63) is 24.0 Å². The highest BCUT2D eigenvalue weighted by Gasteiger charge is 2.67. The number of nitrogens with one attached hydrogen (secondary N) is 2. The summed E-state index contributed by atoms with van der Waals surface area (Å²) in [5.74, 6) is -0.148. The van der Waals surface area contributed by atoms with Crippen LogP contribution in [0.4, 0.5) is 5.82 Å². The predicted molar refractivity (Wildman–Crippen MR) is 96.7 cm³/mol. The smallest absolute Gasteiger partial charge is 0.235 e. The zero-order valence-electron chi connectivity index (χ0n) is 15.8. The number of carbonyl (C=O) groups excluding carboxylic acids is 2. The van der Waals surface area contributed by atoms with E-state index < -0.39 is 17.4 Å². The van der Waals surface area contributed by atoms with Crippen LogP contribution < -0.4 is 15.1 Å². The van der Waals surface area contributed by atoms with Gasteiger partial charge in [-0.25, -0.2) is 0 Å². The van der Waals surface area contributed by atoms with Gasteiger partial charge in [0.25, 0.3) is 0 Å². The molecule has 0 saturated carbocycles. The molecule has 5 heterocycles. The average molecular weight is 389 g/mol. The largest absolute Gasteiger partial charge is 0.370 e. The quantitative estimate of drug-likeness (QED) is 0.583. The Morgan fingerprint density at radius 2 is 2.25 bits per heavy atom. The van der Waals surface area contributed by atoms with Crippen LogP contribution in [0, 0.1) is 18.8 Å². The van der Waals surface area contributed by atoms with Crippen molar-refractivity contribution in [3.8, 4) is 0 Å². The van der Waals surface area contributed by atoms with Gasteiger partial charge in [-0.1, -0.05) is 17.3 Å². The lowest BCUT2D eigenvalue weighted by Gasteiger charge is -2.25. The Kier molecular flexibility index (Phi) is 4.26. The van der Waals surface area contributed by atoms with Gasteiger partial charge in [0.05, 0.1) is 50.8 Å². The minimum absolute atomic E-state index is 0.111. The summed E-state index contributed by atoms with van der Waals surface area (Å²) >= 11 is 0. The highest BCUT2D eigenvalue weighted by Crippen LogP contribution is 2.52. The predicted octanol–water partition coefficient (Wildman–Crippen LogP) is -1.70. The number of anilines is 1. The van der Waals surface area contributed by atoms with Crippen LogP contribution in [0.2, 0.25) is 0 Å². The lowest BCUT2D eigenvalue weighted by molar-refractivity contribution is -0.906. The Hall–Kier alpha value is -2.23. The molecular weight excluding hydrogens is 364 g/mol. The average Bonchev–Trinajstić information content (AvgIpc) is 3.44. The first-order valence-electron chi connectivity index (χ1n) is 9.88. The fourth-order valence-corrected chi connectivity index (χ4v) is 4.86. The van der Waals surface area contributed by atoms with Crippen LogP contribution in [-0.2, 0) is 19.1 Å². The summed E-state index contributed by atoms with van der Waals surface area (Å²) in [6, 6.07) is 1.73. The molecule has 0 radical (unpaired) electrons. The number of morpholine rings is 1. The summed E-state index contributed by atoms with van der Waals surface area (Å²) in [6.07, 6.45) is 3.51. The second kappa shape index (κ2) is 6.68. The van der Waals surface area contributed by atoms with Crippen molar-refractivity contribution in [2.24, 2.45) is 11.8 Å². The molecule has 9 nitrogen and oxygen atoms in total. The number of hydrogen-bond donors (Lipinski definition) is 2. The van der Waals surface area contributed by atoms with Crippen molar-refractivity contribution >= 4 is 17.6 Å². The molecule has 2 N–H and O–H groups in total. The van der Waals surface area contributed by atoms with E-state index in [9.17, 15) is 9.59 Å². The van der Waals surface area contributed by atoms with E-state index in [1.54, 1.807) is 17.9 Å². The van der Waals surface area contributed by atoms with Crippen molar-refractivity contribution < 1.29 is 28.5 Å². The Labute approximate surface area is 162 Å². The third-order valence-electron chi connectivity index (χ3n) is 6.27. The van der Waals surface area contributed by atoms with Gasteiger partial charge < -0.3 is 24.2 Å². The molecule has 150 valence electrons. The summed E-state index contributed by atoms with van der Waals surface area (Å²) in [6.45, 7) is 7.04. The third-order valence-corrected chi connectivity index (χ3v) is 6.27. The highest BCUT2D eigenvalue weighted by atomic mass is 16.5. The number of hydrogen-bond acceptors (Lipinski definition) is 6. The Bertz CT molecular complexity index is 817. The number of amides is 2. The van der Waals surface area contributed by atoms with Crippen molar-refractivity contribution in [1.29, 1.82) is 0 Å². The Morgan fingerprint density at radius 1 is 1.43 bits per heavy atom. The number of ether oxygens (including phenoxy) is 2. The molecule has 1 spiro atoms. The first kappa shape index (κ1) is 17.8. The molecule has 1 aromatic rings. The van der Waals surface area contributed by atoms with Crippen molar-refractivity contribution in [3.63, 3.8) is 0 Å². The molecule has 3 fully saturated rings. The van der Waals surface area contributed by atoms with E-state index in [0.717, 1.165) is 32.8 Å². The number of aryl methyl sites for hydroxylation is 1. The summed E-state index contributed by atoms with van der Waals surface area (Å²) < 4.78 is 16.6. The second-order valence-corrected chi connectivity index (χ2v) is 8.02. The van der Waals surface area contributed by atoms with Crippen molar-refractivity contribution in [2.75, 3.05) is 50.8 Å². The standard InChI is InChI=1S/C19H24N4O5/c1-12-10-14(21-28-12)23-11-19-3-2-13(27-19)15(16(19)18(23)25)17(24)20-4-5-22-6-8-26-9-7-22/h2-3,10,13,15-16H,4-9,11H2,1H3,(H,20,24)/p+1/t13-,15-,16-,19-/m1/s1. The van der Waals surface area contributed by atoms with E-state index in [2.05, 4.69) is 10.5 Å². The van der Waals surface area contributed by atoms with Crippen molar-refractivity contribution in [1.82, 2.24) is 10.5 Å². The zero-order chi connectivity index (χ0) is 19.3. The molecule has 28 heavy (non-hydrogen) atoms. The number of rotatable bonds is 5. The normalized spacial score (nSPS) is 34.2. The van der Waals surface area contributed by atoms with Crippen LogP contribution in [-0.4, -0.2) is 74.6 Å².